The van der Waals surface area contributed by atoms with Crippen molar-refractivity contribution in [2.75, 3.05) is 0 Å². The van der Waals surface area contributed by atoms with Crippen molar-refractivity contribution in [1.82, 2.24) is 14.5 Å². The average Bonchev–Trinajstić information content (AvgIpc) is 3.11. The number of hydrogen-bond acceptors (Lipinski definition) is 3. The molecule has 0 saturated heterocycles. The molecular formula is C24H27N3O2S. The normalized spacial score (nSPS) is 15.2. The summed E-state index contributed by atoms with van der Waals surface area (Å²) in [6, 6.07) is 19.5. The molecule has 0 aliphatic heterocycles. The lowest BCUT2D eigenvalue weighted by Crippen LogP contribution is -2.24. The maximum atomic E-state index is 12.6. The van der Waals surface area contributed by atoms with Crippen molar-refractivity contribution in [3.8, 4) is 0 Å². The highest BCUT2D eigenvalue weighted by Crippen LogP contribution is 2.26. The van der Waals surface area contributed by atoms with E-state index in [0.29, 0.717) is 6.54 Å². The first-order valence-electron chi connectivity index (χ1n) is 10.4. The van der Waals surface area contributed by atoms with Gasteiger partial charge in [0.2, 0.25) is 10.0 Å². The van der Waals surface area contributed by atoms with E-state index in [1.54, 1.807) is 6.08 Å². The first kappa shape index (κ1) is 20.6. The lowest BCUT2D eigenvalue weighted by atomic mass is 9.95. The Balaban J connectivity index is 1.55. The molecule has 1 aliphatic carbocycles. The van der Waals surface area contributed by atoms with Gasteiger partial charge in [-0.15, -0.1) is 0 Å². The molecule has 4 rings (SSSR count). The zero-order chi connectivity index (χ0) is 21.0. The smallest absolute Gasteiger partial charge is 0.234 e. The van der Waals surface area contributed by atoms with Crippen LogP contribution in [0.25, 0.3) is 6.08 Å². The molecule has 5 nitrogen and oxygen atoms in total. The Bertz CT molecular complexity index is 1120. The third-order valence-corrected chi connectivity index (χ3v) is 6.69. The van der Waals surface area contributed by atoms with E-state index in [2.05, 4.69) is 16.9 Å². The van der Waals surface area contributed by atoms with Crippen LogP contribution in [0.15, 0.2) is 66.1 Å². The van der Waals surface area contributed by atoms with Gasteiger partial charge in [-0.05, 0) is 49.8 Å². The first-order chi connectivity index (χ1) is 14.5. The maximum absolute atomic E-state index is 12.6. The predicted octanol–water partition coefficient (Wildman–Crippen LogP) is 4.46. The molecule has 0 saturated carbocycles. The number of rotatable bonds is 7. The molecule has 1 aliphatic rings. The molecule has 2 aromatic carbocycles. The number of nitrogens with zero attached hydrogens (tertiary/aromatic N) is 2. The van der Waals surface area contributed by atoms with Crippen LogP contribution >= 0.6 is 0 Å². The third-order valence-electron chi connectivity index (χ3n) is 5.51. The Kier molecular flexibility index (Phi) is 6.16. The highest BCUT2D eigenvalue weighted by atomic mass is 32.2. The minimum absolute atomic E-state index is 0.301. The molecule has 0 amide bonds. The SMILES string of the molecule is C[C@@H](NS(=O)(=O)/C=C/c1nn(Cc2ccccc2)c2c1CCCC2)c1ccccc1. The molecule has 1 heterocycles. The van der Waals surface area contributed by atoms with Gasteiger partial charge in [-0.3, -0.25) is 4.68 Å². The fraction of sp³-hybridized carbons (Fsp3) is 0.292. The Hall–Kier alpha value is -2.70. The van der Waals surface area contributed by atoms with E-state index in [9.17, 15) is 8.42 Å². The predicted molar refractivity (Wildman–Crippen MR) is 120 cm³/mol. The van der Waals surface area contributed by atoms with E-state index in [0.717, 1.165) is 36.9 Å². The van der Waals surface area contributed by atoms with E-state index in [-0.39, 0.29) is 6.04 Å². The summed E-state index contributed by atoms with van der Waals surface area (Å²) in [5, 5.41) is 6.01. The second-order valence-electron chi connectivity index (χ2n) is 7.76. The number of nitrogens with one attached hydrogen (secondary N) is 1. The number of aromatic nitrogens is 2. The lowest BCUT2D eigenvalue weighted by Gasteiger charge is -2.14. The number of hydrogen-bond donors (Lipinski definition) is 1. The molecule has 156 valence electrons. The molecule has 1 aromatic heterocycles. The topological polar surface area (TPSA) is 64.0 Å². The molecule has 30 heavy (non-hydrogen) atoms. The van der Waals surface area contributed by atoms with Crippen molar-refractivity contribution in [1.29, 1.82) is 0 Å². The molecule has 3 aromatic rings. The van der Waals surface area contributed by atoms with Crippen LogP contribution in [0.4, 0.5) is 0 Å². The zero-order valence-corrected chi connectivity index (χ0v) is 18.0. The van der Waals surface area contributed by atoms with Crippen LogP contribution in [0, 0.1) is 0 Å². The summed E-state index contributed by atoms with van der Waals surface area (Å²) in [6.45, 7) is 2.55. The van der Waals surface area contributed by atoms with Crippen LogP contribution in [-0.4, -0.2) is 18.2 Å². The molecule has 0 fully saturated rings. The van der Waals surface area contributed by atoms with Crippen LogP contribution in [0.3, 0.4) is 0 Å². The van der Waals surface area contributed by atoms with Crippen molar-refractivity contribution >= 4 is 16.1 Å². The Morgan fingerprint density at radius 2 is 1.70 bits per heavy atom. The van der Waals surface area contributed by atoms with Gasteiger partial charge in [0.05, 0.1) is 12.2 Å². The molecule has 0 radical (unpaired) electrons. The fourth-order valence-electron chi connectivity index (χ4n) is 3.97. The highest BCUT2D eigenvalue weighted by Gasteiger charge is 2.20. The molecule has 1 N–H and O–H groups in total. The first-order valence-corrected chi connectivity index (χ1v) is 11.9. The second-order valence-corrected chi connectivity index (χ2v) is 9.36. The highest BCUT2D eigenvalue weighted by molar-refractivity contribution is 7.92. The lowest BCUT2D eigenvalue weighted by molar-refractivity contribution is 0.576. The van der Waals surface area contributed by atoms with Crippen molar-refractivity contribution in [2.24, 2.45) is 0 Å². The van der Waals surface area contributed by atoms with E-state index in [1.165, 1.54) is 22.2 Å². The van der Waals surface area contributed by atoms with Gasteiger partial charge in [-0.25, -0.2) is 13.1 Å². The second kappa shape index (κ2) is 8.98. The van der Waals surface area contributed by atoms with Crippen LogP contribution in [-0.2, 0) is 29.4 Å². The monoisotopic (exact) mass is 421 g/mol. The molecule has 0 unspecified atom stereocenters. The Morgan fingerprint density at radius 1 is 1.03 bits per heavy atom. The number of sulfonamides is 1. The zero-order valence-electron chi connectivity index (χ0n) is 17.2. The number of benzene rings is 2. The van der Waals surface area contributed by atoms with Crippen LogP contribution in [0.5, 0.6) is 0 Å². The van der Waals surface area contributed by atoms with E-state index >= 15 is 0 Å². The van der Waals surface area contributed by atoms with Crippen LogP contribution in [0.1, 0.15) is 53.9 Å². The standard InChI is InChI=1S/C24H27N3O2S/c1-19(21-12-6-3-7-13-21)26-30(28,29)17-16-23-22-14-8-9-15-24(22)27(25-23)18-20-10-4-2-5-11-20/h2-7,10-13,16-17,19,26H,8-9,14-15,18H2,1H3/b17-16+/t19-/m1/s1. The molecular weight excluding hydrogens is 394 g/mol. The van der Waals surface area contributed by atoms with Gasteiger partial charge in [-0.1, -0.05) is 60.7 Å². The molecule has 6 heteroatoms. The quantitative estimate of drug-likeness (QED) is 0.612. The van der Waals surface area contributed by atoms with Gasteiger partial charge < -0.3 is 0 Å². The summed E-state index contributed by atoms with van der Waals surface area (Å²) in [7, 11) is -3.58. The van der Waals surface area contributed by atoms with Gasteiger partial charge in [0.15, 0.2) is 0 Å². The van der Waals surface area contributed by atoms with Crippen LogP contribution < -0.4 is 4.72 Å². The summed E-state index contributed by atoms with van der Waals surface area (Å²) >= 11 is 0. The van der Waals surface area contributed by atoms with Gasteiger partial charge in [0.1, 0.15) is 0 Å². The minimum atomic E-state index is -3.58. The molecule has 1 atom stereocenters. The van der Waals surface area contributed by atoms with Gasteiger partial charge in [-0.2, -0.15) is 5.10 Å². The van der Waals surface area contributed by atoms with Crippen molar-refractivity contribution in [2.45, 2.75) is 45.2 Å². The summed E-state index contributed by atoms with van der Waals surface area (Å²) in [4.78, 5) is 0. The van der Waals surface area contributed by atoms with Crippen LogP contribution in [0.2, 0.25) is 0 Å². The van der Waals surface area contributed by atoms with Crippen molar-refractivity contribution < 1.29 is 8.42 Å². The van der Waals surface area contributed by atoms with Gasteiger partial charge in [0.25, 0.3) is 0 Å². The molecule has 0 bridgehead atoms. The summed E-state index contributed by atoms with van der Waals surface area (Å²) in [5.74, 6) is 0. The van der Waals surface area contributed by atoms with E-state index in [1.807, 2.05) is 60.1 Å². The summed E-state index contributed by atoms with van der Waals surface area (Å²) in [6.07, 6.45) is 5.83. The summed E-state index contributed by atoms with van der Waals surface area (Å²) in [5.41, 5.74) is 5.29. The maximum Gasteiger partial charge on any atom is 0.234 e. The largest absolute Gasteiger partial charge is 0.264 e. The van der Waals surface area contributed by atoms with Crippen molar-refractivity contribution in [3.05, 3.63) is 94.1 Å². The minimum Gasteiger partial charge on any atom is -0.264 e. The average molecular weight is 422 g/mol. The van der Waals surface area contributed by atoms with Crippen molar-refractivity contribution in [3.63, 3.8) is 0 Å². The summed E-state index contributed by atoms with van der Waals surface area (Å²) < 4.78 is 30.0. The van der Waals surface area contributed by atoms with E-state index in [4.69, 9.17) is 5.10 Å². The fourth-order valence-corrected chi connectivity index (χ4v) is 4.99. The Labute approximate surface area is 178 Å². The van der Waals surface area contributed by atoms with E-state index < -0.39 is 10.0 Å². The number of fused-ring (bicyclic) bond motifs is 1. The third kappa shape index (κ3) is 4.89. The Morgan fingerprint density at radius 3 is 2.43 bits per heavy atom. The van der Waals surface area contributed by atoms with Gasteiger partial charge >= 0.3 is 0 Å². The van der Waals surface area contributed by atoms with Gasteiger partial charge in [0, 0.05) is 22.7 Å². The molecule has 0 spiro atoms.